The second-order valence-corrected chi connectivity index (χ2v) is 8.55. The van der Waals surface area contributed by atoms with Crippen LogP contribution in [-0.4, -0.2) is 0 Å². The van der Waals surface area contributed by atoms with E-state index >= 15 is 0 Å². The summed E-state index contributed by atoms with van der Waals surface area (Å²) in [5.74, 6) is 0. The largest absolute Gasteiger partial charge is 0.0622 e. The second-order valence-electron chi connectivity index (χ2n) is 8.55. The molecule has 0 heteroatoms. The number of fused-ring (bicyclic) bond motifs is 1. The molecule has 0 saturated heterocycles. The molecule has 32 heavy (non-hydrogen) atoms. The molecule has 0 saturated carbocycles. The lowest BCUT2D eigenvalue weighted by Gasteiger charge is -2.19. The fourth-order valence-corrected chi connectivity index (χ4v) is 5.39. The smallest absolute Gasteiger partial charge is 0.00199 e. The van der Waals surface area contributed by atoms with Crippen LogP contribution in [0.3, 0.4) is 0 Å². The molecule has 0 aliphatic heterocycles. The molecule has 7 aromatic rings. The Morgan fingerprint density at radius 2 is 1.00 bits per heavy atom. The van der Waals surface area contributed by atoms with E-state index in [0.29, 0.717) is 0 Å². The summed E-state index contributed by atoms with van der Waals surface area (Å²) in [5, 5.41) is 10.5. The lowest BCUT2D eigenvalue weighted by Crippen LogP contribution is -1.92. The van der Waals surface area contributed by atoms with Crippen molar-refractivity contribution in [1.29, 1.82) is 0 Å². The van der Waals surface area contributed by atoms with Crippen molar-refractivity contribution in [2.24, 2.45) is 0 Å². The zero-order valence-corrected chi connectivity index (χ0v) is 17.5. The highest BCUT2D eigenvalue weighted by molar-refractivity contribution is 6.28. The van der Waals surface area contributed by atoms with Crippen molar-refractivity contribution in [2.45, 2.75) is 0 Å². The molecular weight excluding hydrogens is 384 g/mol. The zero-order chi connectivity index (χ0) is 21.1. The van der Waals surface area contributed by atoms with Gasteiger partial charge in [-0.2, -0.15) is 0 Å². The van der Waals surface area contributed by atoms with Gasteiger partial charge in [-0.1, -0.05) is 115 Å². The first-order valence-electron chi connectivity index (χ1n) is 11.1. The van der Waals surface area contributed by atoms with Crippen LogP contribution in [0.25, 0.3) is 65.3 Å². The van der Waals surface area contributed by atoms with Crippen LogP contribution < -0.4 is 0 Å². The predicted octanol–water partition coefficient (Wildman–Crippen LogP) is 9.07. The van der Waals surface area contributed by atoms with Gasteiger partial charge in [0.05, 0.1) is 0 Å². The summed E-state index contributed by atoms with van der Waals surface area (Å²) in [5.41, 5.74) is 5.15. The molecule has 0 aliphatic carbocycles. The number of hydrogen-bond acceptors (Lipinski definition) is 0. The highest BCUT2D eigenvalue weighted by Crippen LogP contribution is 2.46. The van der Waals surface area contributed by atoms with Crippen LogP contribution in [0.15, 0.2) is 121 Å². The van der Waals surface area contributed by atoms with Crippen molar-refractivity contribution in [3.63, 3.8) is 0 Å². The Labute approximate surface area is 186 Å². The highest BCUT2D eigenvalue weighted by Gasteiger charge is 2.18. The van der Waals surface area contributed by atoms with Crippen molar-refractivity contribution >= 4 is 43.1 Å². The van der Waals surface area contributed by atoms with Crippen LogP contribution in [0.5, 0.6) is 0 Å². The predicted molar refractivity (Wildman–Crippen MR) is 139 cm³/mol. The minimum Gasteiger partial charge on any atom is -0.0622 e. The summed E-state index contributed by atoms with van der Waals surface area (Å²) in [6.45, 7) is 0. The molecule has 0 bridgehead atoms. The third-order valence-corrected chi connectivity index (χ3v) is 6.79. The molecule has 7 rings (SSSR count). The summed E-state index contributed by atoms with van der Waals surface area (Å²) in [4.78, 5) is 0. The van der Waals surface area contributed by atoms with E-state index in [1.807, 2.05) is 0 Å². The summed E-state index contributed by atoms with van der Waals surface area (Å²) < 4.78 is 0. The fourth-order valence-electron chi connectivity index (χ4n) is 5.39. The molecule has 0 amide bonds. The number of hydrogen-bond donors (Lipinski definition) is 0. The third-order valence-electron chi connectivity index (χ3n) is 6.79. The quantitative estimate of drug-likeness (QED) is 0.252. The van der Waals surface area contributed by atoms with E-state index < -0.39 is 0 Å². The highest BCUT2D eigenvalue weighted by atomic mass is 14.2. The van der Waals surface area contributed by atoms with Gasteiger partial charge >= 0.3 is 0 Å². The van der Waals surface area contributed by atoms with Crippen molar-refractivity contribution in [2.75, 3.05) is 0 Å². The molecular formula is C32H20. The molecule has 0 N–H and O–H groups in total. The van der Waals surface area contributed by atoms with Gasteiger partial charge in [-0.3, -0.25) is 0 Å². The Hall–Kier alpha value is -4.16. The first kappa shape index (κ1) is 17.5. The van der Waals surface area contributed by atoms with Gasteiger partial charge in [0.2, 0.25) is 0 Å². The lowest BCUT2D eigenvalue weighted by molar-refractivity contribution is 1.64. The molecule has 148 valence electrons. The van der Waals surface area contributed by atoms with Crippen LogP contribution in [0.2, 0.25) is 0 Å². The molecule has 0 fully saturated rings. The van der Waals surface area contributed by atoms with E-state index in [1.165, 1.54) is 65.3 Å². The van der Waals surface area contributed by atoms with Gasteiger partial charge in [0.25, 0.3) is 0 Å². The van der Waals surface area contributed by atoms with Gasteiger partial charge in [-0.05, 0) is 71.4 Å². The van der Waals surface area contributed by atoms with Crippen LogP contribution in [-0.2, 0) is 0 Å². The monoisotopic (exact) mass is 404 g/mol. The molecule has 0 aliphatic rings. The van der Waals surface area contributed by atoms with E-state index in [0.717, 1.165) is 0 Å². The van der Waals surface area contributed by atoms with Crippen LogP contribution >= 0.6 is 0 Å². The van der Waals surface area contributed by atoms with Crippen molar-refractivity contribution in [3.8, 4) is 22.3 Å². The van der Waals surface area contributed by atoms with E-state index in [-0.39, 0.29) is 0 Å². The fraction of sp³-hybridized carbons (Fsp3) is 0. The molecule has 0 nitrogen and oxygen atoms in total. The summed E-state index contributed by atoms with van der Waals surface area (Å²) in [6, 6.07) is 44.3. The molecule has 0 atom stereocenters. The molecule has 7 aromatic carbocycles. The Morgan fingerprint density at radius 1 is 0.344 bits per heavy atom. The van der Waals surface area contributed by atoms with Gasteiger partial charge in [0.1, 0.15) is 0 Å². The minimum atomic E-state index is 1.25. The third kappa shape index (κ3) is 2.44. The lowest BCUT2D eigenvalue weighted by atomic mass is 9.83. The maximum Gasteiger partial charge on any atom is -0.00199 e. The molecule has 0 aromatic heterocycles. The van der Waals surface area contributed by atoms with Crippen LogP contribution in [0.4, 0.5) is 0 Å². The molecule has 0 unspecified atom stereocenters. The number of benzene rings is 7. The van der Waals surface area contributed by atoms with Gasteiger partial charge in [0, 0.05) is 0 Å². The average Bonchev–Trinajstić information content (AvgIpc) is 2.87. The van der Waals surface area contributed by atoms with Crippen molar-refractivity contribution < 1.29 is 0 Å². The topological polar surface area (TPSA) is 0 Å². The van der Waals surface area contributed by atoms with Gasteiger partial charge in [-0.25, -0.2) is 0 Å². The molecule has 0 spiro atoms. The summed E-state index contributed by atoms with van der Waals surface area (Å²) in [6.07, 6.45) is 0. The zero-order valence-electron chi connectivity index (χ0n) is 17.5. The maximum absolute atomic E-state index is 2.39. The van der Waals surface area contributed by atoms with Gasteiger partial charge in [-0.15, -0.1) is 0 Å². The SMILES string of the molecule is c1ccc(-c2cc3ccc4cccc5ccc(c2-c2cccc6ccccc26)c3c45)cc1. The average molecular weight is 405 g/mol. The number of rotatable bonds is 2. The first-order valence-corrected chi connectivity index (χ1v) is 11.1. The maximum atomic E-state index is 2.39. The van der Waals surface area contributed by atoms with E-state index in [9.17, 15) is 0 Å². The van der Waals surface area contributed by atoms with Crippen molar-refractivity contribution in [1.82, 2.24) is 0 Å². The Kier molecular flexibility index (Phi) is 3.65. The summed E-state index contributed by atoms with van der Waals surface area (Å²) >= 11 is 0. The Morgan fingerprint density at radius 3 is 1.88 bits per heavy atom. The summed E-state index contributed by atoms with van der Waals surface area (Å²) in [7, 11) is 0. The second kappa shape index (κ2) is 6.67. The first-order chi connectivity index (χ1) is 15.9. The Balaban J connectivity index is 1.74. The standard InChI is InChI=1S/C32H20/c1-2-8-22(9-3-1)29-20-25-17-16-23-12-6-13-24-18-19-28(31(25)30(23)24)32(29)27-15-7-11-21-10-4-5-14-26(21)27/h1-20H. The van der Waals surface area contributed by atoms with Crippen molar-refractivity contribution in [3.05, 3.63) is 121 Å². The van der Waals surface area contributed by atoms with E-state index in [2.05, 4.69) is 121 Å². The molecule has 0 radical (unpaired) electrons. The minimum absolute atomic E-state index is 1.25. The normalized spacial score (nSPS) is 11.8. The Bertz CT molecular complexity index is 1740. The molecule has 0 heterocycles. The van der Waals surface area contributed by atoms with Crippen LogP contribution in [0.1, 0.15) is 0 Å². The van der Waals surface area contributed by atoms with Gasteiger partial charge < -0.3 is 0 Å². The van der Waals surface area contributed by atoms with Gasteiger partial charge in [0.15, 0.2) is 0 Å². The van der Waals surface area contributed by atoms with E-state index in [1.54, 1.807) is 0 Å². The van der Waals surface area contributed by atoms with E-state index in [4.69, 9.17) is 0 Å². The van der Waals surface area contributed by atoms with Crippen LogP contribution in [0, 0.1) is 0 Å².